The Morgan fingerprint density at radius 1 is 1.43 bits per heavy atom. The van der Waals surface area contributed by atoms with Gasteiger partial charge < -0.3 is 15.3 Å². The van der Waals surface area contributed by atoms with Crippen LogP contribution in [-0.4, -0.2) is 35.0 Å². The first kappa shape index (κ1) is 15.8. The van der Waals surface area contributed by atoms with Crippen LogP contribution in [0.15, 0.2) is 24.3 Å². The molecule has 2 N–H and O–H groups in total. The Morgan fingerprint density at radius 2 is 2.24 bits per heavy atom. The van der Waals surface area contributed by atoms with Gasteiger partial charge in [-0.05, 0) is 50.9 Å². The van der Waals surface area contributed by atoms with Crippen molar-refractivity contribution in [3.63, 3.8) is 0 Å². The number of phenolic OH excluding ortho intramolecular Hbond substituents is 1. The van der Waals surface area contributed by atoms with Crippen LogP contribution in [0.25, 0.3) is 0 Å². The Bertz CT molecular complexity index is 468. The maximum Gasteiger partial charge on any atom is 0.240 e. The first-order chi connectivity index (χ1) is 10.1. The first-order valence-electron chi connectivity index (χ1n) is 7.96. The van der Waals surface area contributed by atoms with Crippen molar-refractivity contribution in [2.75, 3.05) is 13.1 Å². The molecule has 2 atom stereocenters. The van der Waals surface area contributed by atoms with E-state index in [0.717, 1.165) is 31.4 Å². The van der Waals surface area contributed by atoms with Crippen LogP contribution in [0.4, 0.5) is 0 Å². The van der Waals surface area contributed by atoms with E-state index >= 15 is 0 Å². The van der Waals surface area contributed by atoms with Gasteiger partial charge >= 0.3 is 0 Å². The van der Waals surface area contributed by atoms with Crippen LogP contribution >= 0.6 is 0 Å². The molecule has 0 radical (unpaired) electrons. The average Bonchev–Trinajstić information content (AvgIpc) is 2.76. The molecule has 1 aromatic rings. The third kappa shape index (κ3) is 3.97. The molecule has 1 saturated heterocycles. The van der Waals surface area contributed by atoms with E-state index in [2.05, 4.69) is 5.32 Å². The van der Waals surface area contributed by atoms with Crippen molar-refractivity contribution in [3.05, 3.63) is 29.8 Å². The number of likely N-dealkylation sites (N-methyl/N-ethyl adjacent to an activating group) is 1. The molecule has 116 valence electrons. The molecule has 1 aliphatic rings. The van der Waals surface area contributed by atoms with Gasteiger partial charge in [-0.3, -0.25) is 4.79 Å². The van der Waals surface area contributed by atoms with E-state index < -0.39 is 0 Å². The van der Waals surface area contributed by atoms with E-state index in [1.807, 2.05) is 30.9 Å². The second-order valence-corrected chi connectivity index (χ2v) is 5.75. The van der Waals surface area contributed by atoms with Crippen LogP contribution in [0.3, 0.4) is 0 Å². The summed E-state index contributed by atoms with van der Waals surface area (Å²) >= 11 is 0. The molecule has 1 aromatic carbocycles. The van der Waals surface area contributed by atoms with Gasteiger partial charge in [0.1, 0.15) is 5.75 Å². The van der Waals surface area contributed by atoms with Crippen molar-refractivity contribution >= 4 is 5.91 Å². The third-order valence-electron chi connectivity index (χ3n) is 4.30. The van der Waals surface area contributed by atoms with Crippen LogP contribution < -0.4 is 5.32 Å². The number of amides is 1. The van der Waals surface area contributed by atoms with Crippen LogP contribution in [-0.2, 0) is 4.79 Å². The fraction of sp³-hybridized carbons (Fsp3) is 0.588. The summed E-state index contributed by atoms with van der Waals surface area (Å²) in [7, 11) is 0. The van der Waals surface area contributed by atoms with Gasteiger partial charge in [0.05, 0.1) is 12.1 Å². The van der Waals surface area contributed by atoms with E-state index in [1.54, 1.807) is 12.1 Å². The molecule has 0 aliphatic carbocycles. The minimum absolute atomic E-state index is 0.0281. The Morgan fingerprint density at radius 3 is 2.95 bits per heavy atom. The highest BCUT2D eigenvalue weighted by Crippen LogP contribution is 2.24. The second kappa shape index (κ2) is 7.46. The van der Waals surface area contributed by atoms with Crippen LogP contribution in [0.5, 0.6) is 5.75 Å². The van der Waals surface area contributed by atoms with Crippen molar-refractivity contribution in [3.8, 4) is 5.75 Å². The summed E-state index contributed by atoms with van der Waals surface area (Å²) in [6, 6.07) is 7.08. The predicted octanol–water partition coefficient (Wildman–Crippen LogP) is 2.83. The molecule has 0 bridgehead atoms. The lowest BCUT2D eigenvalue weighted by molar-refractivity contribution is -0.135. The van der Waals surface area contributed by atoms with Gasteiger partial charge in [0.25, 0.3) is 0 Å². The number of hydrogen-bond acceptors (Lipinski definition) is 3. The Balaban J connectivity index is 2.12. The fourth-order valence-corrected chi connectivity index (χ4v) is 3.02. The molecule has 1 heterocycles. The zero-order chi connectivity index (χ0) is 15.2. The van der Waals surface area contributed by atoms with E-state index in [0.29, 0.717) is 6.54 Å². The predicted molar refractivity (Wildman–Crippen MR) is 84.2 cm³/mol. The molecular formula is C17H26N2O2. The summed E-state index contributed by atoms with van der Waals surface area (Å²) in [5.74, 6) is 0.422. The second-order valence-electron chi connectivity index (χ2n) is 5.75. The van der Waals surface area contributed by atoms with Gasteiger partial charge in [-0.15, -0.1) is 0 Å². The van der Waals surface area contributed by atoms with Gasteiger partial charge in [0.2, 0.25) is 5.91 Å². The number of aromatic hydroxyl groups is 1. The number of hydrogen-bond donors (Lipinski definition) is 2. The highest BCUT2D eigenvalue weighted by Gasteiger charge is 2.27. The smallest absolute Gasteiger partial charge is 0.240 e. The van der Waals surface area contributed by atoms with Gasteiger partial charge in [0.15, 0.2) is 0 Å². The Labute approximate surface area is 127 Å². The molecule has 0 spiro atoms. The number of carbonyl (C=O) groups is 1. The molecule has 2 unspecified atom stereocenters. The number of benzene rings is 1. The SMILES string of the molecule is CCN(C(=O)C1CCCCCN1)C(C)c1cccc(O)c1. The van der Waals surface area contributed by atoms with Gasteiger partial charge in [0, 0.05) is 6.54 Å². The standard InChI is InChI=1S/C17H26N2O2/c1-3-19(13(2)14-8-7-9-15(20)12-14)17(21)16-10-5-4-6-11-18-16/h7-9,12-13,16,18,20H,3-6,10-11H2,1-2H3. The molecule has 21 heavy (non-hydrogen) atoms. The van der Waals surface area contributed by atoms with Crippen LogP contribution in [0, 0.1) is 0 Å². The monoisotopic (exact) mass is 290 g/mol. The van der Waals surface area contributed by atoms with Gasteiger partial charge in [-0.2, -0.15) is 0 Å². The maximum absolute atomic E-state index is 12.8. The number of phenols is 1. The molecule has 0 saturated carbocycles. The Kier molecular flexibility index (Phi) is 5.62. The molecular weight excluding hydrogens is 264 g/mol. The minimum Gasteiger partial charge on any atom is -0.508 e. The van der Waals surface area contributed by atoms with Crippen LogP contribution in [0.2, 0.25) is 0 Å². The van der Waals surface area contributed by atoms with Crippen LogP contribution in [0.1, 0.15) is 51.1 Å². The van der Waals surface area contributed by atoms with Gasteiger partial charge in [-0.1, -0.05) is 25.0 Å². The fourth-order valence-electron chi connectivity index (χ4n) is 3.02. The molecule has 4 nitrogen and oxygen atoms in total. The molecule has 1 aliphatic heterocycles. The largest absolute Gasteiger partial charge is 0.508 e. The zero-order valence-corrected chi connectivity index (χ0v) is 13.0. The topological polar surface area (TPSA) is 52.6 Å². The summed E-state index contributed by atoms with van der Waals surface area (Å²) in [6.07, 6.45) is 4.38. The van der Waals surface area contributed by atoms with Crippen molar-refractivity contribution in [1.82, 2.24) is 10.2 Å². The van der Waals surface area contributed by atoms with Gasteiger partial charge in [-0.25, -0.2) is 0 Å². The highest BCUT2D eigenvalue weighted by molar-refractivity contribution is 5.82. The lowest BCUT2D eigenvalue weighted by Gasteiger charge is -2.32. The van der Waals surface area contributed by atoms with E-state index in [1.165, 1.54) is 6.42 Å². The first-order valence-corrected chi connectivity index (χ1v) is 7.96. The maximum atomic E-state index is 12.8. The number of rotatable bonds is 4. The van der Waals surface area contributed by atoms with Crippen molar-refractivity contribution < 1.29 is 9.90 Å². The summed E-state index contributed by atoms with van der Waals surface area (Å²) in [6.45, 7) is 5.63. The number of nitrogens with one attached hydrogen (secondary N) is 1. The summed E-state index contributed by atoms with van der Waals surface area (Å²) < 4.78 is 0. The lowest BCUT2D eigenvalue weighted by atomic mass is 10.0. The molecule has 2 rings (SSSR count). The summed E-state index contributed by atoms with van der Waals surface area (Å²) in [4.78, 5) is 14.7. The van der Waals surface area contributed by atoms with E-state index in [9.17, 15) is 9.90 Å². The highest BCUT2D eigenvalue weighted by atomic mass is 16.3. The quantitative estimate of drug-likeness (QED) is 0.896. The van der Waals surface area contributed by atoms with Crippen molar-refractivity contribution in [2.45, 2.75) is 51.6 Å². The molecule has 4 heteroatoms. The van der Waals surface area contributed by atoms with E-state index in [-0.39, 0.29) is 23.7 Å². The van der Waals surface area contributed by atoms with Crippen molar-refractivity contribution in [2.24, 2.45) is 0 Å². The molecule has 0 aromatic heterocycles. The minimum atomic E-state index is -0.0628. The zero-order valence-electron chi connectivity index (χ0n) is 13.0. The van der Waals surface area contributed by atoms with Crippen molar-refractivity contribution in [1.29, 1.82) is 0 Å². The normalized spacial score (nSPS) is 20.6. The molecule has 1 amide bonds. The third-order valence-corrected chi connectivity index (χ3v) is 4.30. The Hall–Kier alpha value is -1.55. The van der Waals surface area contributed by atoms with E-state index in [4.69, 9.17) is 0 Å². The summed E-state index contributed by atoms with van der Waals surface area (Å²) in [5.41, 5.74) is 0.971. The lowest BCUT2D eigenvalue weighted by Crippen LogP contribution is -2.47. The average molecular weight is 290 g/mol. The molecule has 1 fully saturated rings. The number of carbonyl (C=O) groups excluding carboxylic acids is 1. The summed E-state index contributed by atoms with van der Waals surface area (Å²) in [5, 5.41) is 13.0. The number of nitrogens with zero attached hydrogens (tertiary/aromatic N) is 1.